The molecule has 25 heavy (non-hydrogen) atoms. The maximum Gasteiger partial charge on any atom is 0.138 e. The smallest absolute Gasteiger partial charge is 0.138 e. The molecular formula is C19H24ClN3O2. The first-order valence-corrected chi connectivity index (χ1v) is 9.04. The summed E-state index contributed by atoms with van der Waals surface area (Å²) < 4.78 is 11.1. The Hall–Kier alpha value is -1.69. The van der Waals surface area contributed by atoms with E-state index in [1.165, 1.54) is 0 Å². The van der Waals surface area contributed by atoms with E-state index < -0.39 is 0 Å². The van der Waals surface area contributed by atoms with E-state index in [1.54, 1.807) is 7.11 Å². The minimum atomic E-state index is 0.226. The lowest BCUT2D eigenvalue weighted by Gasteiger charge is -2.32. The molecule has 134 valence electrons. The second kappa shape index (κ2) is 9.13. The van der Waals surface area contributed by atoms with E-state index in [0.717, 1.165) is 56.0 Å². The third-order valence-corrected chi connectivity index (χ3v) is 4.67. The molecule has 1 saturated heterocycles. The van der Waals surface area contributed by atoms with Crippen LogP contribution < -0.4 is 4.74 Å². The summed E-state index contributed by atoms with van der Waals surface area (Å²) in [7, 11) is 1.69. The topological polar surface area (TPSA) is 47.5 Å². The SMILES string of the molecule is COCCc1ncc(CN2CCC(Oc3ccccc3Cl)CC2)cn1. The van der Waals surface area contributed by atoms with Gasteiger partial charge in [-0.05, 0) is 25.0 Å². The highest BCUT2D eigenvalue weighted by Crippen LogP contribution is 2.27. The number of rotatable bonds is 7. The number of para-hydroxylation sites is 1. The maximum absolute atomic E-state index is 6.17. The third-order valence-electron chi connectivity index (χ3n) is 4.36. The Morgan fingerprint density at radius 3 is 2.56 bits per heavy atom. The second-order valence-corrected chi connectivity index (χ2v) is 6.68. The number of piperidine rings is 1. The van der Waals surface area contributed by atoms with Gasteiger partial charge in [0.15, 0.2) is 0 Å². The van der Waals surface area contributed by atoms with Crippen LogP contribution in [0, 0.1) is 0 Å². The quantitative estimate of drug-likeness (QED) is 0.756. The van der Waals surface area contributed by atoms with E-state index >= 15 is 0 Å². The number of hydrogen-bond donors (Lipinski definition) is 0. The van der Waals surface area contributed by atoms with Crippen molar-refractivity contribution >= 4 is 11.6 Å². The van der Waals surface area contributed by atoms with E-state index in [4.69, 9.17) is 21.1 Å². The second-order valence-electron chi connectivity index (χ2n) is 6.27. The van der Waals surface area contributed by atoms with Gasteiger partial charge in [-0.1, -0.05) is 23.7 Å². The molecule has 0 radical (unpaired) electrons. The molecule has 3 rings (SSSR count). The number of benzene rings is 1. The molecule has 0 unspecified atom stereocenters. The highest BCUT2D eigenvalue weighted by Gasteiger charge is 2.21. The Labute approximate surface area is 153 Å². The van der Waals surface area contributed by atoms with Crippen LogP contribution in [0.4, 0.5) is 0 Å². The van der Waals surface area contributed by atoms with Gasteiger partial charge >= 0.3 is 0 Å². The van der Waals surface area contributed by atoms with Gasteiger partial charge in [-0.25, -0.2) is 9.97 Å². The molecule has 1 aliphatic rings. The third kappa shape index (κ3) is 5.39. The van der Waals surface area contributed by atoms with Crippen molar-refractivity contribution < 1.29 is 9.47 Å². The summed E-state index contributed by atoms with van der Waals surface area (Å²) in [6.45, 7) is 3.53. The number of aromatic nitrogens is 2. The molecule has 6 heteroatoms. The summed E-state index contributed by atoms with van der Waals surface area (Å²) >= 11 is 6.17. The number of halogens is 1. The van der Waals surface area contributed by atoms with Crippen LogP contribution in [0.3, 0.4) is 0 Å². The molecule has 0 saturated carbocycles. The number of likely N-dealkylation sites (tertiary alicyclic amines) is 1. The lowest BCUT2D eigenvalue weighted by atomic mass is 10.1. The largest absolute Gasteiger partial charge is 0.489 e. The Morgan fingerprint density at radius 1 is 1.16 bits per heavy atom. The molecule has 0 atom stereocenters. The average Bonchev–Trinajstić information content (AvgIpc) is 2.65. The van der Waals surface area contributed by atoms with Gasteiger partial charge in [-0.2, -0.15) is 0 Å². The normalized spacial score (nSPS) is 16.1. The molecule has 1 fully saturated rings. The van der Waals surface area contributed by atoms with Crippen LogP contribution >= 0.6 is 11.6 Å². The van der Waals surface area contributed by atoms with Crippen molar-refractivity contribution in [3.8, 4) is 5.75 Å². The van der Waals surface area contributed by atoms with Crippen molar-refractivity contribution in [2.45, 2.75) is 31.9 Å². The zero-order valence-corrected chi connectivity index (χ0v) is 15.3. The van der Waals surface area contributed by atoms with Crippen LogP contribution in [0.2, 0.25) is 5.02 Å². The molecule has 0 spiro atoms. The molecule has 0 aliphatic carbocycles. The molecular weight excluding hydrogens is 338 g/mol. The molecule has 0 amide bonds. The first-order chi connectivity index (χ1) is 12.2. The Morgan fingerprint density at radius 2 is 1.88 bits per heavy atom. The van der Waals surface area contributed by atoms with Crippen LogP contribution in [0.25, 0.3) is 0 Å². The lowest BCUT2D eigenvalue weighted by molar-refractivity contribution is 0.0967. The fraction of sp³-hybridized carbons (Fsp3) is 0.474. The zero-order valence-electron chi connectivity index (χ0n) is 14.5. The van der Waals surface area contributed by atoms with E-state index in [2.05, 4.69) is 14.9 Å². The van der Waals surface area contributed by atoms with Gasteiger partial charge in [0.25, 0.3) is 0 Å². The zero-order chi connectivity index (χ0) is 17.5. The van der Waals surface area contributed by atoms with Crippen molar-refractivity contribution in [3.63, 3.8) is 0 Å². The first-order valence-electron chi connectivity index (χ1n) is 8.67. The highest BCUT2D eigenvalue weighted by atomic mass is 35.5. The van der Waals surface area contributed by atoms with E-state index in [-0.39, 0.29) is 6.10 Å². The molecule has 1 aromatic carbocycles. The van der Waals surface area contributed by atoms with Crippen molar-refractivity contribution in [1.82, 2.24) is 14.9 Å². The molecule has 5 nitrogen and oxygen atoms in total. The molecule has 1 aliphatic heterocycles. The van der Waals surface area contributed by atoms with E-state index in [0.29, 0.717) is 11.6 Å². The Kier molecular flexibility index (Phi) is 6.62. The van der Waals surface area contributed by atoms with Gasteiger partial charge in [-0.15, -0.1) is 0 Å². The van der Waals surface area contributed by atoms with Crippen LogP contribution in [-0.2, 0) is 17.7 Å². The maximum atomic E-state index is 6.17. The van der Waals surface area contributed by atoms with Crippen molar-refractivity contribution in [3.05, 3.63) is 53.1 Å². The Balaban J connectivity index is 1.45. The number of methoxy groups -OCH3 is 1. The average molecular weight is 362 g/mol. The molecule has 0 N–H and O–H groups in total. The monoisotopic (exact) mass is 361 g/mol. The van der Waals surface area contributed by atoms with Crippen LogP contribution in [0.1, 0.15) is 24.2 Å². The summed E-state index contributed by atoms with van der Waals surface area (Å²) in [5.74, 6) is 1.61. The fourth-order valence-corrected chi connectivity index (χ4v) is 3.13. The van der Waals surface area contributed by atoms with Gasteiger partial charge in [0, 0.05) is 51.1 Å². The Bertz CT molecular complexity index is 658. The number of ether oxygens (including phenoxy) is 2. The summed E-state index contributed by atoms with van der Waals surface area (Å²) in [6.07, 6.45) is 6.82. The van der Waals surface area contributed by atoms with Gasteiger partial charge in [0.2, 0.25) is 0 Å². The lowest BCUT2D eigenvalue weighted by Crippen LogP contribution is -2.37. The predicted molar refractivity (Wildman–Crippen MR) is 98.0 cm³/mol. The number of hydrogen-bond acceptors (Lipinski definition) is 5. The van der Waals surface area contributed by atoms with Gasteiger partial charge in [0.05, 0.1) is 11.6 Å². The minimum Gasteiger partial charge on any atom is -0.489 e. The molecule has 2 aromatic rings. The summed E-state index contributed by atoms with van der Waals surface area (Å²) in [5.41, 5.74) is 1.15. The minimum absolute atomic E-state index is 0.226. The molecule has 2 heterocycles. The standard InChI is InChI=1S/C19H24ClN3O2/c1-24-11-8-19-21-12-15(13-22-19)14-23-9-6-16(7-10-23)25-18-5-3-2-4-17(18)20/h2-5,12-13,16H,6-11,14H2,1H3. The van der Waals surface area contributed by atoms with Gasteiger partial charge in [0.1, 0.15) is 17.7 Å². The first kappa shape index (κ1) is 18.1. The van der Waals surface area contributed by atoms with E-state index in [1.807, 2.05) is 36.7 Å². The van der Waals surface area contributed by atoms with Gasteiger partial charge < -0.3 is 9.47 Å². The van der Waals surface area contributed by atoms with Crippen LogP contribution in [0.15, 0.2) is 36.7 Å². The van der Waals surface area contributed by atoms with Crippen molar-refractivity contribution in [2.24, 2.45) is 0 Å². The summed E-state index contributed by atoms with van der Waals surface area (Å²) in [6, 6.07) is 7.66. The number of nitrogens with zero attached hydrogens (tertiary/aromatic N) is 3. The van der Waals surface area contributed by atoms with Crippen LogP contribution in [0.5, 0.6) is 5.75 Å². The highest BCUT2D eigenvalue weighted by molar-refractivity contribution is 6.32. The fourth-order valence-electron chi connectivity index (χ4n) is 2.95. The molecule has 1 aromatic heterocycles. The van der Waals surface area contributed by atoms with Crippen molar-refractivity contribution in [2.75, 3.05) is 26.8 Å². The van der Waals surface area contributed by atoms with Crippen LogP contribution in [-0.4, -0.2) is 47.8 Å². The predicted octanol–water partition coefficient (Wildman–Crippen LogP) is 3.36. The molecule has 0 bridgehead atoms. The van der Waals surface area contributed by atoms with Crippen molar-refractivity contribution in [1.29, 1.82) is 0 Å². The van der Waals surface area contributed by atoms with Gasteiger partial charge in [-0.3, -0.25) is 4.90 Å². The van der Waals surface area contributed by atoms with E-state index in [9.17, 15) is 0 Å². The summed E-state index contributed by atoms with van der Waals surface area (Å²) in [5, 5.41) is 0.677. The summed E-state index contributed by atoms with van der Waals surface area (Å²) in [4.78, 5) is 11.2.